The van der Waals surface area contributed by atoms with Crippen molar-refractivity contribution in [3.63, 3.8) is 0 Å². The van der Waals surface area contributed by atoms with Crippen LogP contribution < -0.4 is 0 Å². The summed E-state index contributed by atoms with van der Waals surface area (Å²) in [7, 11) is 0. The van der Waals surface area contributed by atoms with E-state index in [-0.39, 0.29) is 17.5 Å². The summed E-state index contributed by atoms with van der Waals surface area (Å²) in [6.07, 6.45) is 2.06. The fraction of sp³-hybridized carbons (Fsp3) is 0.900. The van der Waals surface area contributed by atoms with E-state index in [0.717, 1.165) is 12.8 Å². The monoisotopic (exact) mass is 172 g/mol. The minimum atomic E-state index is -0.373. The molecule has 0 rings (SSSR count). The molecule has 0 N–H and O–H groups in total. The Morgan fingerprint density at radius 1 is 1.42 bits per heavy atom. The highest BCUT2D eigenvalue weighted by atomic mass is 16.5. The van der Waals surface area contributed by atoms with Crippen LogP contribution in [0.4, 0.5) is 0 Å². The van der Waals surface area contributed by atoms with Gasteiger partial charge in [-0.15, -0.1) is 0 Å². The largest absolute Gasteiger partial charge is 0.462 e. The molecule has 0 bridgehead atoms. The summed E-state index contributed by atoms with van der Waals surface area (Å²) in [6.45, 7) is 9.63. The summed E-state index contributed by atoms with van der Waals surface area (Å²) in [4.78, 5) is 11.3. The van der Waals surface area contributed by atoms with Gasteiger partial charge in [0.1, 0.15) is 0 Å². The molecule has 0 aliphatic heterocycles. The van der Waals surface area contributed by atoms with Crippen LogP contribution in [0.15, 0.2) is 0 Å². The first-order valence-corrected chi connectivity index (χ1v) is 4.59. The van der Waals surface area contributed by atoms with Crippen LogP contribution >= 0.6 is 0 Å². The number of carbonyl (C=O) groups excluding carboxylic acids is 1. The van der Waals surface area contributed by atoms with Crippen molar-refractivity contribution in [3.05, 3.63) is 0 Å². The Morgan fingerprint density at radius 3 is 2.25 bits per heavy atom. The summed E-state index contributed by atoms with van der Waals surface area (Å²) in [6, 6.07) is 0. The molecular weight excluding hydrogens is 152 g/mol. The number of rotatable bonds is 3. The molecule has 0 saturated carbocycles. The van der Waals surface area contributed by atoms with Crippen LogP contribution in [0.1, 0.15) is 47.5 Å². The highest BCUT2D eigenvalue weighted by molar-refractivity contribution is 5.75. The van der Waals surface area contributed by atoms with Gasteiger partial charge in [0.05, 0.1) is 11.5 Å². The standard InChI is InChI=1S/C10H20O2/c1-6-7-8(2)12-9(11)10(3,4)5/h8H,6-7H2,1-5H3. The van der Waals surface area contributed by atoms with Crippen LogP contribution in [0.2, 0.25) is 0 Å². The zero-order valence-electron chi connectivity index (χ0n) is 8.81. The van der Waals surface area contributed by atoms with E-state index in [1.807, 2.05) is 27.7 Å². The van der Waals surface area contributed by atoms with Gasteiger partial charge in [-0.1, -0.05) is 13.3 Å². The van der Waals surface area contributed by atoms with Crippen LogP contribution in [0, 0.1) is 5.41 Å². The highest BCUT2D eigenvalue weighted by Gasteiger charge is 2.24. The molecule has 0 spiro atoms. The first-order valence-electron chi connectivity index (χ1n) is 4.59. The third-order valence-corrected chi connectivity index (χ3v) is 1.62. The topological polar surface area (TPSA) is 26.3 Å². The fourth-order valence-corrected chi connectivity index (χ4v) is 0.825. The Bertz CT molecular complexity index is 144. The zero-order chi connectivity index (χ0) is 9.78. The second-order valence-corrected chi connectivity index (χ2v) is 4.25. The molecule has 0 aliphatic rings. The van der Waals surface area contributed by atoms with Gasteiger partial charge in [0.15, 0.2) is 0 Å². The van der Waals surface area contributed by atoms with E-state index in [2.05, 4.69) is 6.92 Å². The average molecular weight is 172 g/mol. The SMILES string of the molecule is CCCC(C)OC(=O)C(C)(C)C. The van der Waals surface area contributed by atoms with Crippen molar-refractivity contribution in [2.24, 2.45) is 5.41 Å². The minimum Gasteiger partial charge on any atom is -0.462 e. The third kappa shape index (κ3) is 4.37. The molecule has 1 atom stereocenters. The molecule has 0 aromatic heterocycles. The summed E-state index contributed by atoms with van der Waals surface area (Å²) in [5.41, 5.74) is -0.373. The maximum Gasteiger partial charge on any atom is 0.311 e. The highest BCUT2D eigenvalue weighted by Crippen LogP contribution is 2.17. The van der Waals surface area contributed by atoms with Crippen LogP contribution in [-0.2, 0) is 9.53 Å². The molecule has 0 aromatic rings. The van der Waals surface area contributed by atoms with E-state index in [0.29, 0.717) is 0 Å². The summed E-state index contributed by atoms with van der Waals surface area (Å²) in [5, 5.41) is 0. The van der Waals surface area contributed by atoms with E-state index in [4.69, 9.17) is 4.74 Å². The quantitative estimate of drug-likeness (QED) is 0.612. The number of hydrogen-bond acceptors (Lipinski definition) is 2. The molecule has 0 heterocycles. The zero-order valence-corrected chi connectivity index (χ0v) is 8.81. The van der Waals surface area contributed by atoms with Gasteiger partial charge in [-0.2, -0.15) is 0 Å². The van der Waals surface area contributed by atoms with Crippen molar-refractivity contribution in [2.75, 3.05) is 0 Å². The first-order chi connectivity index (χ1) is 5.38. The van der Waals surface area contributed by atoms with E-state index in [9.17, 15) is 4.79 Å². The van der Waals surface area contributed by atoms with Gasteiger partial charge >= 0.3 is 5.97 Å². The molecule has 0 radical (unpaired) electrons. The van der Waals surface area contributed by atoms with Gasteiger partial charge in [0.25, 0.3) is 0 Å². The fourth-order valence-electron chi connectivity index (χ4n) is 0.825. The summed E-state index contributed by atoms with van der Waals surface area (Å²) in [5.74, 6) is -0.108. The Labute approximate surface area is 75.3 Å². The molecule has 0 saturated heterocycles. The van der Waals surface area contributed by atoms with Gasteiger partial charge in [-0.05, 0) is 34.1 Å². The van der Waals surface area contributed by atoms with Gasteiger partial charge in [-0.25, -0.2) is 0 Å². The van der Waals surface area contributed by atoms with Crippen LogP contribution in [-0.4, -0.2) is 12.1 Å². The van der Waals surface area contributed by atoms with Crippen molar-refractivity contribution < 1.29 is 9.53 Å². The van der Waals surface area contributed by atoms with Crippen molar-refractivity contribution >= 4 is 5.97 Å². The number of hydrogen-bond donors (Lipinski definition) is 0. The van der Waals surface area contributed by atoms with E-state index < -0.39 is 0 Å². The smallest absolute Gasteiger partial charge is 0.311 e. The minimum absolute atomic E-state index is 0.0572. The predicted octanol–water partition coefficient (Wildman–Crippen LogP) is 2.76. The first kappa shape index (κ1) is 11.5. The molecule has 12 heavy (non-hydrogen) atoms. The number of esters is 1. The molecule has 0 fully saturated rings. The predicted molar refractivity (Wildman–Crippen MR) is 49.9 cm³/mol. The maximum atomic E-state index is 11.3. The summed E-state index contributed by atoms with van der Waals surface area (Å²) >= 11 is 0. The van der Waals surface area contributed by atoms with Gasteiger partial charge in [0, 0.05) is 0 Å². The van der Waals surface area contributed by atoms with Crippen LogP contribution in [0.25, 0.3) is 0 Å². The van der Waals surface area contributed by atoms with Crippen LogP contribution in [0.5, 0.6) is 0 Å². The van der Waals surface area contributed by atoms with Gasteiger partial charge in [-0.3, -0.25) is 4.79 Å². The molecule has 0 amide bonds. The van der Waals surface area contributed by atoms with Crippen LogP contribution in [0.3, 0.4) is 0 Å². The van der Waals surface area contributed by atoms with Crippen molar-refractivity contribution in [3.8, 4) is 0 Å². The normalized spacial score (nSPS) is 14.1. The number of carbonyl (C=O) groups is 1. The van der Waals surface area contributed by atoms with E-state index in [1.54, 1.807) is 0 Å². The Kier molecular flexibility index (Phi) is 4.29. The lowest BCUT2D eigenvalue weighted by atomic mass is 9.97. The number of ether oxygens (including phenoxy) is 1. The molecule has 0 aliphatic carbocycles. The summed E-state index contributed by atoms with van der Waals surface area (Å²) < 4.78 is 5.22. The Morgan fingerprint density at radius 2 is 1.92 bits per heavy atom. The lowest BCUT2D eigenvalue weighted by Crippen LogP contribution is -2.26. The molecule has 0 aromatic carbocycles. The molecule has 2 heteroatoms. The van der Waals surface area contributed by atoms with Gasteiger partial charge < -0.3 is 4.74 Å². The van der Waals surface area contributed by atoms with Gasteiger partial charge in [0.2, 0.25) is 0 Å². The Hall–Kier alpha value is -0.530. The third-order valence-electron chi connectivity index (χ3n) is 1.62. The second kappa shape index (κ2) is 4.48. The van der Waals surface area contributed by atoms with Crippen molar-refractivity contribution in [1.82, 2.24) is 0 Å². The van der Waals surface area contributed by atoms with Crippen molar-refractivity contribution in [2.45, 2.75) is 53.6 Å². The lowest BCUT2D eigenvalue weighted by Gasteiger charge is -2.20. The molecule has 1 unspecified atom stereocenters. The molecule has 72 valence electrons. The maximum absolute atomic E-state index is 11.3. The van der Waals surface area contributed by atoms with E-state index in [1.165, 1.54) is 0 Å². The van der Waals surface area contributed by atoms with Crippen molar-refractivity contribution in [1.29, 1.82) is 0 Å². The second-order valence-electron chi connectivity index (χ2n) is 4.25. The lowest BCUT2D eigenvalue weighted by molar-refractivity contribution is -0.158. The molecule has 2 nitrogen and oxygen atoms in total. The average Bonchev–Trinajstić information content (AvgIpc) is 1.85. The van der Waals surface area contributed by atoms with E-state index >= 15 is 0 Å². The Balaban J connectivity index is 3.85. The molecular formula is C10H20O2.